The molecule has 3 nitrogen and oxygen atoms in total. The minimum Gasteiger partial charge on any atom is -0.372 e. The van der Waals surface area contributed by atoms with Gasteiger partial charge in [-0.25, -0.2) is 0 Å². The predicted octanol–water partition coefficient (Wildman–Crippen LogP) is 0.617. The van der Waals surface area contributed by atoms with Crippen LogP contribution in [0.25, 0.3) is 0 Å². The zero-order valence-corrected chi connectivity index (χ0v) is 9.12. The Morgan fingerprint density at radius 2 is 1.47 bits per heavy atom. The van der Waals surface area contributed by atoms with Gasteiger partial charge in [-0.15, -0.1) is 0 Å². The first-order chi connectivity index (χ1) is 7.42. The van der Waals surface area contributed by atoms with Crippen LogP contribution in [0.4, 0.5) is 0 Å². The van der Waals surface area contributed by atoms with E-state index >= 15 is 0 Å². The summed E-state index contributed by atoms with van der Waals surface area (Å²) in [5, 5.41) is 6.44. The Balaban J connectivity index is 0.000000124. The number of hydrogen-bond acceptors (Lipinski definition) is 3. The Kier molecular flexibility index (Phi) is 3.72. The van der Waals surface area contributed by atoms with Crippen LogP contribution in [-0.4, -0.2) is 39.4 Å². The molecular formula is C12H18N2O. The highest BCUT2D eigenvalue weighted by atomic mass is 16.5. The van der Waals surface area contributed by atoms with Crippen molar-refractivity contribution in [3.63, 3.8) is 0 Å². The van der Waals surface area contributed by atoms with E-state index in [1.54, 1.807) is 7.11 Å². The van der Waals surface area contributed by atoms with Gasteiger partial charge in [0, 0.05) is 33.3 Å². The van der Waals surface area contributed by atoms with Crippen molar-refractivity contribution in [3.8, 4) is 0 Å². The van der Waals surface area contributed by atoms with Gasteiger partial charge in [-0.2, -0.15) is 0 Å². The third-order valence-electron chi connectivity index (χ3n) is 2.73. The third kappa shape index (κ3) is 2.56. The third-order valence-corrected chi connectivity index (χ3v) is 2.73. The van der Waals surface area contributed by atoms with Crippen molar-refractivity contribution in [1.82, 2.24) is 10.6 Å². The maximum absolute atomic E-state index is 5.20. The molecule has 1 saturated heterocycles. The van der Waals surface area contributed by atoms with Crippen molar-refractivity contribution in [3.05, 3.63) is 35.5 Å². The summed E-state index contributed by atoms with van der Waals surface area (Å²) in [6, 6.07) is 0. The molecule has 0 atom stereocenters. The van der Waals surface area contributed by atoms with Crippen LogP contribution < -0.4 is 10.6 Å². The van der Waals surface area contributed by atoms with E-state index in [1.165, 1.54) is 11.1 Å². The highest BCUT2D eigenvalue weighted by Crippen LogP contribution is 2.30. The van der Waals surface area contributed by atoms with E-state index in [0.29, 0.717) is 0 Å². The zero-order valence-electron chi connectivity index (χ0n) is 9.12. The smallest absolute Gasteiger partial charge is 0.107 e. The highest BCUT2D eigenvalue weighted by molar-refractivity contribution is 5.54. The van der Waals surface area contributed by atoms with Crippen LogP contribution in [0.2, 0.25) is 0 Å². The van der Waals surface area contributed by atoms with Crippen LogP contribution in [-0.2, 0) is 4.74 Å². The summed E-state index contributed by atoms with van der Waals surface area (Å²) in [6.45, 7) is 4.56. The molecule has 3 aliphatic rings. The summed E-state index contributed by atoms with van der Waals surface area (Å²) in [4.78, 5) is 0. The van der Waals surface area contributed by atoms with Crippen LogP contribution in [0.5, 0.6) is 0 Å². The monoisotopic (exact) mass is 206 g/mol. The molecule has 1 fully saturated rings. The maximum Gasteiger partial charge on any atom is 0.107 e. The molecule has 0 saturated carbocycles. The lowest BCUT2D eigenvalue weighted by Crippen LogP contribution is -2.39. The number of fused-ring (bicyclic) bond motifs is 2. The number of rotatable bonds is 1. The molecule has 0 amide bonds. The van der Waals surface area contributed by atoms with E-state index in [1.807, 2.05) is 0 Å². The summed E-state index contributed by atoms with van der Waals surface area (Å²) in [6.07, 6.45) is 8.66. The molecule has 2 aliphatic carbocycles. The zero-order chi connectivity index (χ0) is 10.5. The number of methoxy groups -OCH3 is 1. The fourth-order valence-electron chi connectivity index (χ4n) is 1.91. The van der Waals surface area contributed by atoms with Gasteiger partial charge in [0.05, 0.1) is 0 Å². The molecule has 2 N–H and O–H groups in total. The normalized spacial score (nSPS) is 23.3. The molecule has 0 radical (unpaired) electrons. The second kappa shape index (κ2) is 5.26. The van der Waals surface area contributed by atoms with Crippen LogP contribution in [0.1, 0.15) is 0 Å². The molecule has 3 heteroatoms. The Labute approximate surface area is 90.9 Å². The van der Waals surface area contributed by atoms with Gasteiger partial charge >= 0.3 is 0 Å². The SMILES string of the molecule is C1CNCCN1.COC1C2=CC=C1C=C2. The minimum absolute atomic E-state index is 0.255. The molecule has 0 aromatic rings. The second-order valence-corrected chi connectivity index (χ2v) is 3.78. The fourth-order valence-corrected chi connectivity index (χ4v) is 1.91. The quantitative estimate of drug-likeness (QED) is 0.660. The number of allylic oxidation sites excluding steroid dienone is 2. The lowest BCUT2D eigenvalue weighted by atomic mass is 10.2. The van der Waals surface area contributed by atoms with E-state index in [9.17, 15) is 0 Å². The van der Waals surface area contributed by atoms with Crippen LogP contribution in [0.15, 0.2) is 35.5 Å². The average Bonchev–Trinajstić information content (AvgIpc) is 2.91. The number of nitrogens with one attached hydrogen (secondary N) is 2. The molecule has 3 rings (SSSR count). The van der Waals surface area contributed by atoms with Gasteiger partial charge in [-0.1, -0.05) is 24.3 Å². The lowest BCUT2D eigenvalue weighted by molar-refractivity contribution is 0.170. The highest BCUT2D eigenvalue weighted by Gasteiger charge is 2.23. The van der Waals surface area contributed by atoms with Crippen molar-refractivity contribution in [2.45, 2.75) is 6.10 Å². The summed E-state index contributed by atoms with van der Waals surface area (Å²) in [7, 11) is 1.74. The fraction of sp³-hybridized carbons (Fsp3) is 0.500. The molecule has 0 unspecified atom stereocenters. The van der Waals surface area contributed by atoms with Crippen LogP contribution in [0.3, 0.4) is 0 Å². The van der Waals surface area contributed by atoms with E-state index in [0.717, 1.165) is 26.2 Å². The maximum atomic E-state index is 5.20. The first-order valence-electron chi connectivity index (χ1n) is 5.46. The molecule has 1 aliphatic heterocycles. The van der Waals surface area contributed by atoms with Crippen LogP contribution >= 0.6 is 0 Å². The van der Waals surface area contributed by atoms with Gasteiger partial charge in [0.1, 0.15) is 6.10 Å². The molecule has 0 aromatic carbocycles. The Bertz CT molecular complexity index is 267. The van der Waals surface area contributed by atoms with Gasteiger partial charge < -0.3 is 15.4 Å². The predicted molar refractivity (Wildman–Crippen MR) is 61.8 cm³/mol. The van der Waals surface area contributed by atoms with Crippen molar-refractivity contribution in [1.29, 1.82) is 0 Å². The summed E-state index contributed by atoms with van der Waals surface area (Å²) < 4.78 is 5.20. The number of hydrogen-bond donors (Lipinski definition) is 2. The largest absolute Gasteiger partial charge is 0.372 e. The minimum atomic E-state index is 0.255. The first kappa shape index (κ1) is 10.6. The number of piperazine rings is 1. The van der Waals surface area contributed by atoms with E-state index < -0.39 is 0 Å². The Morgan fingerprint density at radius 3 is 1.67 bits per heavy atom. The van der Waals surface area contributed by atoms with E-state index in [2.05, 4.69) is 34.9 Å². The van der Waals surface area contributed by atoms with Crippen molar-refractivity contribution in [2.75, 3.05) is 33.3 Å². The molecule has 82 valence electrons. The van der Waals surface area contributed by atoms with Gasteiger partial charge in [0.15, 0.2) is 0 Å². The van der Waals surface area contributed by atoms with Crippen LogP contribution in [0, 0.1) is 0 Å². The molecule has 0 spiro atoms. The van der Waals surface area contributed by atoms with Gasteiger partial charge in [0.25, 0.3) is 0 Å². The van der Waals surface area contributed by atoms with Crippen molar-refractivity contribution >= 4 is 0 Å². The van der Waals surface area contributed by atoms with Gasteiger partial charge in [-0.05, 0) is 11.1 Å². The van der Waals surface area contributed by atoms with Crippen molar-refractivity contribution in [2.24, 2.45) is 0 Å². The molecule has 0 aromatic heterocycles. The Hall–Kier alpha value is -0.900. The summed E-state index contributed by atoms with van der Waals surface area (Å²) in [5.41, 5.74) is 2.57. The average molecular weight is 206 g/mol. The standard InChI is InChI=1S/C8H8O.C4H10N2/c1-9-8-6-2-3-7(8)5-4-6;1-2-6-4-3-5-1/h2-5,8H,1H3;5-6H,1-4H2. The number of ether oxygens (including phenoxy) is 1. The lowest BCUT2D eigenvalue weighted by Gasteiger charge is -2.11. The van der Waals surface area contributed by atoms with Crippen molar-refractivity contribution < 1.29 is 4.74 Å². The molecule has 15 heavy (non-hydrogen) atoms. The van der Waals surface area contributed by atoms with E-state index in [-0.39, 0.29) is 6.10 Å². The summed E-state index contributed by atoms with van der Waals surface area (Å²) >= 11 is 0. The van der Waals surface area contributed by atoms with E-state index in [4.69, 9.17) is 4.74 Å². The van der Waals surface area contributed by atoms with Gasteiger partial charge in [0.2, 0.25) is 0 Å². The molecular weight excluding hydrogens is 188 g/mol. The molecule has 1 heterocycles. The van der Waals surface area contributed by atoms with Gasteiger partial charge in [-0.3, -0.25) is 0 Å². The first-order valence-corrected chi connectivity index (χ1v) is 5.46. The topological polar surface area (TPSA) is 33.3 Å². The summed E-state index contributed by atoms with van der Waals surface area (Å²) in [5.74, 6) is 0. The molecule has 2 bridgehead atoms. The second-order valence-electron chi connectivity index (χ2n) is 3.78. The Morgan fingerprint density at radius 1 is 1.00 bits per heavy atom.